The third-order valence-corrected chi connectivity index (χ3v) is 13.7. The van der Waals surface area contributed by atoms with Gasteiger partial charge in [-0.05, 0) is 111 Å². The van der Waals surface area contributed by atoms with Gasteiger partial charge in [-0.2, -0.15) is 0 Å². The minimum Gasteiger partial charge on any atom is -0.508 e. The van der Waals surface area contributed by atoms with Crippen LogP contribution < -0.4 is 19.9 Å². The molecule has 4 fully saturated rings. The number of carbonyl (C=O) groups excluding carboxylic acids is 3. The number of rotatable bonds is 7. The lowest BCUT2D eigenvalue weighted by Gasteiger charge is -2.55. The first kappa shape index (κ1) is 37.5. The van der Waals surface area contributed by atoms with Crippen molar-refractivity contribution in [1.29, 1.82) is 0 Å². The Balaban J connectivity index is 0.731. The summed E-state index contributed by atoms with van der Waals surface area (Å²) < 4.78 is 37.1. The van der Waals surface area contributed by atoms with Crippen LogP contribution in [0.25, 0.3) is 11.1 Å². The molecule has 6 aliphatic heterocycles. The van der Waals surface area contributed by atoms with Crippen molar-refractivity contribution in [2.75, 3.05) is 62.2 Å². The largest absolute Gasteiger partial charge is 0.508 e. The van der Waals surface area contributed by atoms with Gasteiger partial charge in [-0.3, -0.25) is 19.7 Å². The zero-order valence-electron chi connectivity index (χ0n) is 32.9. The normalized spacial score (nSPS) is 22.0. The van der Waals surface area contributed by atoms with Crippen molar-refractivity contribution in [3.05, 3.63) is 118 Å². The number of carbonyl (C=O) groups is 3. The average Bonchev–Trinajstić information content (AvgIpc) is 3.55. The second-order valence-electron chi connectivity index (χ2n) is 17.3. The van der Waals surface area contributed by atoms with Crippen LogP contribution in [-0.2, 0) is 16.1 Å². The van der Waals surface area contributed by atoms with Crippen LogP contribution in [0, 0.1) is 23.0 Å². The highest BCUT2D eigenvalue weighted by Gasteiger charge is 2.46. The Morgan fingerprint density at radius 1 is 0.797 bits per heavy atom. The van der Waals surface area contributed by atoms with Gasteiger partial charge in [0, 0.05) is 90.7 Å². The Bertz CT molecular complexity index is 2390. The van der Waals surface area contributed by atoms with E-state index >= 15 is 8.78 Å². The molecule has 12 heteroatoms. The molecule has 1 unspecified atom stereocenters. The van der Waals surface area contributed by atoms with E-state index in [1.807, 2.05) is 24.3 Å². The van der Waals surface area contributed by atoms with E-state index in [2.05, 4.69) is 26.1 Å². The predicted molar refractivity (Wildman–Crippen MR) is 220 cm³/mol. The van der Waals surface area contributed by atoms with Gasteiger partial charge >= 0.3 is 0 Å². The Morgan fingerprint density at radius 2 is 1.58 bits per heavy atom. The Kier molecular flexibility index (Phi) is 9.42. The zero-order chi connectivity index (χ0) is 40.4. The lowest BCUT2D eigenvalue weighted by Crippen LogP contribution is -2.60. The number of nitrogens with one attached hydrogen (secondary N) is 1. The molecule has 0 aliphatic carbocycles. The van der Waals surface area contributed by atoms with E-state index in [9.17, 15) is 19.5 Å². The summed E-state index contributed by atoms with van der Waals surface area (Å²) in [6.45, 7) is 7.24. The molecule has 0 aromatic heterocycles. The summed E-state index contributed by atoms with van der Waals surface area (Å²) in [7, 11) is 0. The van der Waals surface area contributed by atoms with Gasteiger partial charge in [-0.25, -0.2) is 8.78 Å². The lowest BCUT2D eigenvalue weighted by atomic mass is 9.71. The van der Waals surface area contributed by atoms with Gasteiger partial charge in [0.15, 0.2) is 0 Å². The number of ether oxygens (including phenoxy) is 1. The maximum Gasteiger partial charge on any atom is 0.255 e. The van der Waals surface area contributed by atoms with Crippen LogP contribution in [0.5, 0.6) is 11.5 Å². The van der Waals surface area contributed by atoms with E-state index in [0.717, 1.165) is 82.7 Å². The van der Waals surface area contributed by atoms with Gasteiger partial charge in [0.05, 0.1) is 5.69 Å². The van der Waals surface area contributed by atoms with Crippen LogP contribution in [0.3, 0.4) is 0 Å². The van der Waals surface area contributed by atoms with E-state index in [0.29, 0.717) is 69.1 Å². The number of nitrogens with zero attached hydrogens (tertiary/aromatic N) is 4. The molecule has 1 atom stereocenters. The molecule has 304 valence electrons. The van der Waals surface area contributed by atoms with Crippen molar-refractivity contribution in [2.24, 2.45) is 11.3 Å². The standard InChI is InChI=1S/C47H47F2N5O5/c48-38-4-2-1-3-35(38)37-26-59-42-23-33(55)7-9-36(42)44(37)30-5-10-40(39(49)22-30)52-17-13-29(14-18-52)24-51-19-15-47(16-20-51)27-53(28-47)32-6-8-34-31(21-32)25-54(46(34)58)41-11-12-43(56)50-45(41)57/h1-10,21-23,29,41,55H,11-20,24-28H2,(H,50,56,57). The molecule has 4 aromatic carbocycles. The maximum atomic E-state index is 16.1. The number of fused-ring (bicyclic) bond motifs is 2. The van der Waals surface area contributed by atoms with Crippen molar-refractivity contribution in [3.8, 4) is 11.5 Å². The van der Waals surface area contributed by atoms with E-state index < -0.39 is 6.04 Å². The number of amides is 3. The monoisotopic (exact) mass is 799 g/mol. The van der Waals surface area contributed by atoms with Gasteiger partial charge < -0.3 is 29.4 Å². The smallest absolute Gasteiger partial charge is 0.255 e. The van der Waals surface area contributed by atoms with Crippen LogP contribution in [0.2, 0.25) is 0 Å². The number of piperidine rings is 3. The molecule has 4 saturated heterocycles. The molecule has 4 aromatic rings. The van der Waals surface area contributed by atoms with Crippen molar-refractivity contribution in [1.82, 2.24) is 15.1 Å². The lowest BCUT2D eigenvalue weighted by molar-refractivity contribution is -0.136. The van der Waals surface area contributed by atoms with Crippen LogP contribution in [0.15, 0.2) is 78.9 Å². The first-order chi connectivity index (χ1) is 28.6. The molecule has 0 bridgehead atoms. The first-order valence-corrected chi connectivity index (χ1v) is 20.9. The highest BCUT2D eigenvalue weighted by atomic mass is 19.1. The molecule has 0 saturated carbocycles. The number of benzene rings is 4. The fraction of sp³-hybridized carbons (Fsp3) is 0.383. The number of halogens is 2. The number of likely N-dealkylation sites (tertiary alicyclic amines) is 1. The predicted octanol–water partition coefficient (Wildman–Crippen LogP) is 6.60. The number of hydrogen-bond acceptors (Lipinski definition) is 8. The number of phenolic OH excluding ortho intramolecular Hbond substituents is 1. The Morgan fingerprint density at radius 3 is 2.34 bits per heavy atom. The van der Waals surface area contributed by atoms with Crippen LogP contribution in [-0.4, -0.2) is 91.1 Å². The van der Waals surface area contributed by atoms with Crippen molar-refractivity contribution < 1.29 is 33.0 Å². The average molecular weight is 800 g/mol. The van der Waals surface area contributed by atoms with Gasteiger partial charge in [-0.1, -0.05) is 24.3 Å². The molecule has 2 N–H and O–H groups in total. The van der Waals surface area contributed by atoms with Crippen LogP contribution in [0.1, 0.15) is 71.1 Å². The zero-order valence-corrected chi connectivity index (χ0v) is 32.9. The number of aromatic hydroxyl groups is 1. The molecular formula is C47H47F2N5O5. The van der Waals surface area contributed by atoms with Crippen molar-refractivity contribution in [2.45, 2.75) is 51.1 Å². The Hall–Kier alpha value is -5.75. The van der Waals surface area contributed by atoms with Gasteiger partial charge in [-0.15, -0.1) is 0 Å². The van der Waals surface area contributed by atoms with Gasteiger partial charge in [0.2, 0.25) is 11.8 Å². The fourth-order valence-corrected chi connectivity index (χ4v) is 10.3. The van der Waals surface area contributed by atoms with Crippen molar-refractivity contribution in [3.63, 3.8) is 0 Å². The fourth-order valence-electron chi connectivity index (χ4n) is 10.3. The topological polar surface area (TPSA) is 106 Å². The minimum absolute atomic E-state index is 0.0637. The summed E-state index contributed by atoms with van der Waals surface area (Å²) in [5.74, 6) is -0.410. The Labute approximate surface area is 342 Å². The van der Waals surface area contributed by atoms with E-state index in [1.54, 1.807) is 41.3 Å². The molecule has 1 spiro atoms. The molecule has 10 rings (SSSR count). The third kappa shape index (κ3) is 6.90. The highest BCUT2D eigenvalue weighted by molar-refractivity contribution is 6.06. The second-order valence-corrected chi connectivity index (χ2v) is 17.3. The summed E-state index contributed by atoms with van der Waals surface area (Å²) in [5, 5.41) is 12.5. The summed E-state index contributed by atoms with van der Waals surface area (Å²) in [6, 6.07) is 22.1. The minimum atomic E-state index is -0.607. The summed E-state index contributed by atoms with van der Waals surface area (Å²) in [6.07, 6.45) is 4.90. The second kappa shape index (κ2) is 14.8. The van der Waals surface area contributed by atoms with E-state index in [1.165, 1.54) is 12.1 Å². The van der Waals surface area contributed by atoms with Gasteiger partial charge in [0.25, 0.3) is 5.91 Å². The molecule has 6 heterocycles. The molecule has 0 radical (unpaired) electrons. The SMILES string of the molecule is O=C1CCC(N2Cc3cc(N4CC5(CCN(CC6CCN(c7ccc(C8=C(c9ccccc9F)COc9cc(O)ccc98)cc7F)CC6)CC5)C4)ccc3C2=O)C(=O)N1. The first-order valence-electron chi connectivity index (χ1n) is 20.9. The van der Waals surface area contributed by atoms with E-state index in [4.69, 9.17) is 4.74 Å². The summed E-state index contributed by atoms with van der Waals surface area (Å²) >= 11 is 0. The number of imide groups is 1. The highest BCUT2D eigenvalue weighted by Crippen LogP contribution is 2.45. The molecule has 6 aliphatic rings. The molecular weight excluding hydrogens is 753 g/mol. The summed E-state index contributed by atoms with van der Waals surface area (Å²) in [4.78, 5) is 46.0. The van der Waals surface area contributed by atoms with E-state index in [-0.39, 0.29) is 48.1 Å². The van der Waals surface area contributed by atoms with Crippen molar-refractivity contribution >= 4 is 40.2 Å². The van der Waals surface area contributed by atoms with Crippen LogP contribution in [0.4, 0.5) is 20.2 Å². The maximum absolute atomic E-state index is 16.1. The number of phenols is 1. The number of anilines is 2. The number of hydrogen-bond donors (Lipinski definition) is 2. The van der Waals surface area contributed by atoms with Gasteiger partial charge in [0.1, 0.15) is 35.8 Å². The third-order valence-electron chi connectivity index (χ3n) is 13.7. The quantitative estimate of drug-likeness (QED) is 0.202. The molecule has 59 heavy (non-hydrogen) atoms. The summed E-state index contributed by atoms with van der Waals surface area (Å²) in [5.41, 5.74) is 6.63. The molecule has 10 nitrogen and oxygen atoms in total. The van der Waals surface area contributed by atoms with Crippen LogP contribution >= 0.6 is 0 Å². The molecule has 3 amide bonds.